The maximum Gasteiger partial charge on any atom is 0.250 e. The molecule has 1 aromatic carbocycles. The number of rotatable bonds is 5. The number of carbonyl (C=O) groups excluding carboxylic acids is 1. The van der Waals surface area contributed by atoms with Crippen molar-refractivity contribution in [2.24, 2.45) is 5.73 Å². The highest BCUT2D eigenvalue weighted by Gasteiger charge is 2.25. The Hall–Kier alpha value is -1.84. The molecule has 3 N–H and O–H groups in total. The predicted molar refractivity (Wildman–Crippen MR) is 84.5 cm³/mol. The Balaban J connectivity index is 2.77. The van der Waals surface area contributed by atoms with Crippen LogP contribution in [-0.4, -0.2) is 31.1 Å². The highest BCUT2D eigenvalue weighted by molar-refractivity contribution is 9.10. The number of nitrogens with zero attached hydrogens (tertiary/aromatic N) is 2. The smallest absolute Gasteiger partial charge is 0.250 e. The lowest BCUT2D eigenvalue weighted by Gasteiger charge is -2.13. The fraction of sp³-hybridized carbons (Fsp3) is 0.154. The third-order valence-electron chi connectivity index (χ3n) is 2.79. The normalized spacial score (nSPS) is 11.4. The highest BCUT2D eigenvalue weighted by Crippen LogP contribution is 2.29. The standard InChI is InChI=1S/C13H13BrN4O3S/c1-2-16-22(20,21)12-8(4-3-5-9(12)13(15)19)10-6-7-11(14)18-17-10/h3-7,16H,2H2,1H3,(H2,15,19). The molecule has 7 nitrogen and oxygen atoms in total. The zero-order valence-electron chi connectivity index (χ0n) is 11.6. The second-order valence-corrected chi connectivity index (χ2v) is 6.81. The fourth-order valence-corrected chi connectivity index (χ4v) is 3.60. The lowest BCUT2D eigenvalue weighted by atomic mass is 10.1. The minimum absolute atomic E-state index is 0.0943. The van der Waals surface area contributed by atoms with Crippen LogP contribution in [0.2, 0.25) is 0 Å². The van der Waals surface area contributed by atoms with E-state index in [0.717, 1.165) is 0 Å². The van der Waals surface area contributed by atoms with Crippen LogP contribution in [0, 0.1) is 0 Å². The molecule has 0 radical (unpaired) electrons. The Morgan fingerprint density at radius 3 is 2.55 bits per heavy atom. The SMILES string of the molecule is CCNS(=O)(=O)c1c(C(N)=O)cccc1-c1ccc(Br)nn1. The number of amides is 1. The highest BCUT2D eigenvalue weighted by atomic mass is 79.9. The minimum Gasteiger partial charge on any atom is -0.366 e. The monoisotopic (exact) mass is 384 g/mol. The maximum atomic E-state index is 12.4. The van der Waals surface area contributed by atoms with Gasteiger partial charge >= 0.3 is 0 Å². The molecule has 0 saturated carbocycles. The van der Waals surface area contributed by atoms with Crippen LogP contribution in [0.4, 0.5) is 0 Å². The van der Waals surface area contributed by atoms with Gasteiger partial charge in [-0.05, 0) is 34.1 Å². The average Bonchev–Trinajstić information content (AvgIpc) is 2.47. The molecule has 9 heteroatoms. The van der Waals surface area contributed by atoms with Crippen molar-refractivity contribution >= 4 is 31.9 Å². The van der Waals surface area contributed by atoms with Crippen LogP contribution in [0.1, 0.15) is 17.3 Å². The summed E-state index contributed by atoms with van der Waals surface area (Å²) >= 11 is 3.16. The van der Waals surface area contributed by atoms with Crippen LogP contribution in [0.5, 0.6) is 0 Å². The molecule has 0 saturated heterocycles. The molecule has 0 unspecified atom stereocenters. The van der Waals surface area contributed by atoms with Gasteiger partial charge in [-0.2, -0.15) is 0 Å². The van der Waals surface area contributed by atoms with Gasteiger partial charge in [-0.1, -0.05) is 19.1 Å². The first kappa shape index (κ1) is 16.5. The second-order valence-electron chi connectivity index (χ2n) is 4.29. The van der Waals surface area contributed by atoms with Crippen molar-refractivity contribution in [1.82, 2.24) is 14.9 Å². The lowest BCUT2D eigenvalue weighted by Crippen LogP contribution is -2.27. The van der Waals surface area contributed by atoms with E-state index in [4.69, 9.17) is 5.73 Å². The van der Waals surface area contributed by atoms with Crippen molar-refractivity contribution in [2.75, 3.05) is 6.54 Å². The summed E-state index contributed by atoms with van der Waals surface area (Å²) in [7, 11) is -3.91. The summed E-state index contributed by atoms with van der Waals surface area (Å²) in [5.41, 5.74) is 5.79. The molecular weight excluding hydrogens is 372 g/mol. The van der Waals surface area contributed by atoms with Gasteiger partial charge in [0, 0.05) is 12.1 Å². The number of sulfonamides is 1. The van der Waals surface area contributed by atoms with E-state index in [0.29, 0.717) is 10.3 Å². The molecule has 0 spiro atoms. The molecule has 1 heterocycles. The molecule has 0 fully saturated rings. The molecule has 2 aromatic rings. The van der Waals surface area contributed by atoms with Crippen molar-refractivity contribution in [2.45, 2.75) is 11.8 Å². The summed E-state index contributed by atoms with van der Waals surface area (Å²) in [5.74, 6) is -0.830. The summed E-state index contributed by atoms with van der Waals surface area (Å²) in [5, 5.41) is 7.78. The van der Waals surface area contributed by atoms with Gasteiger partial charge in [0.1, 0.15) is 9.50 Å². The molecule has 1 aromatic heterocycles. The number of nitrogens with two attached hydrogens (primary N) is 1. The molecular formula is C13H13BrN4O3S. The minimum atomic E-state index is -3.91. The summed E-state index contributed by atoms with van der Waals surface area (Å²) in [6.07, 6.45) is 0. The second kappa shape index (κ2) is 6.51. The molecule has 0 aliphatic heterocycles. The van der Waals surface area contributed by atoms with Crippen LogP contribution in [0.3, 0.4) is 0 Å². The van der Waals surface area contributed by atoms with Crippen LogP contribution < -0.4 is 10.5 Å². The Labute approximate surface area is 136 Å². The average molecular weight is 385 g/mol. The van der Waals surface area contributed by atoms with Gasteiger partial charge in [0.25, 0.3) is 0 Å². The van der Waals surface area contributed by atoms with Crippen molar-refractivity contribution in [3.8, 4) is 11.3 Å². The van der Waals surface area contributed by atoms with Crippen molar-refractivity contribution in [3.05, 3.63) is 40.5 Å². The zero-order valence-corrected chi connectivity index (χ0v) is 14.0. The maximum absolute atomic E-state index is 12.4. The number of aromatic nitrogens is 2. The molecule has 0 aliphatic rings. The fourth-order valence-electron chi connectivity index (χ4n) is 1.94. The van der Waals surface area contributed by atoms with Gasteiger partial charge < -0.3 is 5.73 Å². The number of benzene rings is 1. The van der Waals surface area contributed by atoms with E-state index in [1.807, 2.05) is 0 Å². The third kappa shape index (κ3) is 3.32. The van der Waals surface area contributed by atoms with Gasteiger partial charge in [-0.3, -0.25) is 4.79 Å². The van der Waals surface area contributed by atoms with Gasteiger partial charge in [-0.15, -0.1) is 10.2 Å². The topological polar surface area (TPSA) is 115 Å². The van der Waals surface area contributed by atoms with Crippen molar-refractivity contribution in [1.29, 1.82) is 0 Å². The van der Waals surface area contributed by atoms with Crippen LogP contribution >= 0.6 is 15.9 Å². The van der Waals surface area contributed by atoms with E-state index in [9.17, 15) is 13.2 Å². The Kier molecular flexibility index (Phi) is 4.89. The predicted octanol–water partition coefficient (Wildman–Crippen LogP) is 1.30. The molecule has 0 aliphatic carbocycles. The number of halogens is 1. The van der Waals surface area contributed by atoms with Crippen LogP contribution in [0.25, 0.3) is 11.3 Å². The van der Waals surface area contributed by atoms with E-state index >= 15 is 0 Å². The van der Waals surface area contributed by atoms with Gasteiger partial charge in [0.05, 0.1) is 11.3 Å². The molecule has 0 atom stereocenters. The Bertz CT molecular complexity index is 807. The van der Waals surface area contributed by atoms with Crippen LogP contribution in [-0.2, 0) is 10.0 Å². The quantitative estimate of drug-likeness (QED) is 0.805. The first-order valence-corrected chi connectivity index (χ1v) is 8.56. The first-order valence-electron chi connectivity index (χ1n) is 6.29. The summed E-state index contributed by atoms with van der Waals surface area (Å²) in [6, 6.07) is 7.69. The summed E-state index contributed by atoms with van der Waals surface area (Å²) < 4.78 is 27.8. The largest absolute Gasteiger partial charge is 0.366 e. The molecule has 1 amide bonds. The van der Waals surface area contributed by atoms with E-state index in [-0.39, 0.29) is 22.6 Å². The van der Waals surface area contributed by atoms with Crippen molar-refractivity contribution < 1.29 is 13.2 Å². The van der Waals surface area contributed by atoms with Gasteiger partial charge in [0.2, 0.25) is 15.9 Å². The van der Waals surface area contributed by atoms with E-state index < -0.39 is 15.9 Å². The van der Waals surface area contributed by atoms with Crippen LogP contribution in [0.15, 0.2) is 39.8 Å². The van der Waals surface area contributed by atoms with Gasteiger partial charge in [0.15, 0.2) is 0 Å². The Morgan fingerprint density at radius 2 is 2.00 bits per heavy atom. The third-order valence-corrected chi connectivity index (χ3v) is 4.86. The molecule has 2 rings (SSSR count). The van der Waals surface area contributed by atoms with E-state index in [1.54, 1.807) is 31.2 Å². The zero-order chi connectivity index (χ0) is 16.3. The molecule has 116 valence electrons. The van der Waals surface area contributed by atoms with Crippen molar-refractivity contribution in [3.63, 3.8) is 0 Å². The number of hydrogen-bond acceptors (Lipinski definition) is 5. The number of nitrogens with one attached hydrogen (secondary N) is 1. The summed E-state index contributed by atoms with van der Waals surface area (Å²) in [6.45, 7) is 1.82. The lowest BCUT2D eigenvalue weighted by molar-refractivity contribution is 0.0997. The number of carbonyl (C=O) groups is 1. The number of primary amides is 1. The van der Waals surface area contributed by atoms with Gasteiger partial charge in [-0.25, -0.2) is 13.1 Å². The van der Waals surface area contributed by atoms with E-state index in [2.05, 4.69) is 30.8 Å². The molecule has 22 heavy (non-hydrogen) atoms. The summed E-state index contributed by atoms with van der Waals surface area (Å²) in [4.78, 5) is 11.4. The first-order chi connectivity index (χ1) is 10.4. The Morgan fingerprint density at radius 1 is 1.27 bits per heavy atom. The number of hydrogen-bond donors (Lipinski definition) is 2. The van der Waals surface area contributed by atoms with E-state index in [1.165, 1.54) is 6.07 Å². The molecule has 0 bridgehead atoms.